The van der Waals surface area contributed by atoms with Crippen LogP contribution in [0.1, 0.15) is 29.6 Å². The number of para-hydroxylation sites is 2. The summed E-state index contributed by atoms with van der Waals surface area (Å²) in [5, 5.41) is 2.52. The maximum absolute atomic E-state index is 14.9. The highest BCUT2D eigenvalue weighted by Gasteiger charge is 2.18. The third-order valence-corrected chi connectivity index (χ3v) is 5.41. The molecule has 1 saturated heterocycles. The molecule has 1 aliphatic rings. The van der Waals surface area contributed by atoms with Crippen molar-refractivity contribution in [1.82, 2.24) is 19.8 Å². The third-order valence-electron chi connectivity index (χ3n) is 5.41. The number of aromatic nitrogens is 2. The second kappa shape index (κ2) is 8.10. The molecule has 1 fully saturated rings. The number of carbonyl (C=O) groups excluding carboxylic acids is 1. The monoisotopic (exact) mass is 380 g/mol. The van der Waals surface area contributed by atoms with Crippen LogP contribution in [-0.2, 0) is 6.54 Å². The van der Waals surface area contributed by atoms with Crippen molar-refractivity contribution in [2.24, 2.45) is 0 Å². The largest absolute Gasteiger partial charge is 0.355 e. The molecule has 0 saturated carbocycles. The Hall–Kier alpha value is -2.73. The standard InChI is InChI=1S/C22H25FN4O/c1-24-22(28)16-9-10-17(18(23)15-16)21-25-19-7-2-3-8-20(19)27(21)14-6-13-26-11-4-5-12-26/h2-3,7-10,15H,4-6,11-14H2,1H3,(H,24,28). The van der Waals surface area contributed by atoms with Crippen molar-refractivity contribution < 1.29 is 9.18 Å². The summed E-state index contributed by atoms with van der Waals surface area (Å²) < 4.78 is 17.0. The van der Waals surface area contributed by atoms with Gasteiger partial charge in [0, 0.05) is 19.2 Å². The van der Waals surface area contributed by atoms with Crippen molar-refractivity contribution in [3.8, 4) is 11.4 Å². The molecule has 28 heavy (non-hydrogen) atoms. The summed E-state index contributed by atoms with van der Waals surface area (Å²) in [6.45, 7) is 4.17. The fraction of sp³-hybridized carbons (Fsp3) is 0.364. The summed E-state index contributed by atoms with van der Waals surface area (Å²) in [4.78, 5) is 19.0. The molecule has 0 radical (unpaired) electrons. The molecule has 0 atom stereocenters. The van der Waals surface area contributed by atoms with Gasteiger partial charge in [0.05, 0.1) is 16.6 Å². The average Bonchev–Trinajstić information content (AvgIpc) is 3.35. The average molecular weight is 380 g/mol. The number of nitrogens with zero attached hydrogens (tertiary/aromatic N) is 3. The summed E-state index contributed by atoms with van der Waals surface area (Å²) in [6, 6.07) is 12.5. The minimum atomic E-state index is -0.433. The number of likely N-dealkylation sites (tertiary alicyclic amines) is 1. The van der Waals surface area contributed by atoms with Crippen LogP contribution in [-0.4, -0.2) is 47.0 Å². The van der Waals surface area contributed by atoms with Gasteiger partial charge in [-0.3, -0.25) is 4.79 Å². The van der Waals surface area contributed by atoms with Crippen LogP contribution < -0.4 is 5.32 Å². The lowest BCUT2D eigenvalue weighted by molar-refractivity contribution is 0.0962. The fourth-order valence-electron chi connectivity index (χ4n) is 3.95. The quantitative estimate of drug-likeness (QED) is 0.710. The summed E-state index contributed by atoms with van der Waals surface area (Å²) in [5.41, 5.74) is 2.59. The number of rotatable bonds is 6. The second-order valence-electron chi connectivity index (χ2n) is 7.25. The molecule has 5 nitrogen and oxygen atoms in total. The molecule has 2 aromatic carbocycles. The van der Waals surface area contributed by atoms with Crippen molar-refractivity contribution >= 4 is 16.9 Å². The Kier molecular flexibility index (Phi) is 5.39. The molecule has 1 aliphatic heterocycles. The molecule has 4 rings (SSSR count). The third kappa shape index (κ3) is 3.64. The smallest absolute Gasteiger partial charge is 0.251 e. The lowest BCUT2D eigenvalue weighted by atomic mass is 10.1. The predicted molar refractivity (Wildman–Crippen MR) is 109 cm³/mol. The molecule has 0 bridgehead atoms. The van der Waals surface area contributed by atoms with Crippen LogP contribution in [0.5, 0.6) is 0 Å². The number of benzene rings is 2. The van der Waals surface area contributed by atoms with Crippen LogP contribution in [0, 0.1) is 5.82 Å². The lowest BCUT2D eigenvalue weighted by Gasteiger charge is -2.16. The summed E-state index contributed by atoms with van der Waals surface area (Å²) >= 11 is 0. The van der Waals surface area contributed by atoms with E-state index in [0.717, 1.165) is 30.5 Å². The molecular formula is C22H25FN4O. The van der Waals surface area contributed by atoms with Crippen LogP contribution >= 0.6 is 0 Å². The summed E-state index contributed by atoms with van der Waals surface area (Å²) in [7, 11) is 1.54. The molecule has 1 amide bonds. The van der Waals surface area contributed by atoms with Crippen molar-refractivity contribution in [2.45, 2.75) is 25.8 Å². The van der Waals surface area contributed by atoms with E-state index in [2.05, 4.69) is 14.8 Å². The van der Waals surface area contributed by atoms with Gasteiger partial charge in [0.2, 0.25) is 0 Å². The highest BCUT2D eigenvalue weighted by atomic mass is 19.1. The molecule has 0 spiro atoms. The molecule has 0 unspecified atom stereocenters. The van der Waals surface area contributed by atoms with Crippen LogP contribution in [0.3, 0.4) is 0 Å². The van der Waals surface area contributed by atoms with Gasteiger partial charge in [0.25, 0.3) is 5.91 Å². The topological polar surface area (TPSA) is 50.2 Å². The lowest BCUT2D eigenvalue weighted by Crippen LogP contribution is -2.21. The Labute approximate surface area is 164 Å². The number of amides is 1. The van der Waals surface area contributed by atoms with E-state index in [1.165, 1.54) is 39.0 Å². The Balaban J connectivity index is 1.67. The van der Waals surface area contributed by atoms with Gasteiger partial charge in [-0.05, 0) is 69.2 Å². The molecule has 1 aromatic heterocycles. The number of nitrogens with one attached hydrogen (secondary N) is 1. The predicted octanol–water partition coefficient (Wildman–Crippen LogP) is 3.69. The van der Waals surface area contributed by atoms with Crippen LogP contribution in [0.4, 0.5) is 4.39 Å². The first-order valence-electron chi connectivity index (χ1n) is 9.87. The first-order valence-corrected chi connectivity index (χ1v) is 9.87. The Morgan fingerprint density at radius 3 is 2.68 bits per heavy atom. The van der Waals surface area contributed by atoms with Gasteiger partial charge in [-0.15, -0.1) is 0 Å². The number of fused-ring (bicyclic) bond motifs is 1. The number of imidazole rings is 1. The minimum Gasteiger partial charge on any atom is -0.355 e. The Bertz CT molecular complexity index is 991. The molecule has 2 heterocycles. The highest BCUT2D eigenvalue weighted by Crippen LogP contribution is 2.28. The van der Waals surface area contributed by atoms with Crippen molar-refractivity contribution in [3.05, 3.63) is 53.8 Å². The Morgan fingerprint density at radius 1 is 1.14 bits per heavy atom. The van der Waals surface area contributed by atoms with Crippen molar-refractivity contribution in [3.63, 3.8) is 0 Å². The van der Waals surface area contributed by atoms with Crippen LogP contribution in [0.2, 0.25) is 0 Å². The van der Waals surface area contributed by atoms with E-state index in [4.69, 9.17) is 4.98 Å². The van der Waals surface area contributed by atoms with Gasteiger partial charge < -0.3 is 14.8 Å². The van der Waals surface area contributed by atoms with E-state index < -0.39 is 5.82 Å². The zero-order valence-electron chi connectivity index (χ0n) is 16.1. The van der Waals surface area contributed by atoms with Gasteiger partial charge in [-0.2, -0.15) is 0 Å². The molecule has 3 aromatic rings. The molecule has 1 N–H and O–H groups in total. The molecular weight excluding hydrogens is 355 g/mol. The Morgan fingerprint density at radius 2 is 1.93 bits per heavy atom. The van der Waals surface area contributed by atoms with E-state index in [1.807, 2.05) is 24.3 Å². The zero-order chi connectivity index (χ0) is 19.5. The van der Waals surface area contributed by atoms with E-state index in [1.54, 1.807) is 12.1 Å². The summed E-state index contributed by atoms with van der Waals surface area (Å²) in [6.07, 6.45) is 3.55. The van der Waals surface area contributed by atoms with Gasteiger partial charge >= 0.3 is 0 Å². The fourth-order valence-corrected chi connectivity index (χ4v) is 3.95. The normalized spacial score (nSPS) is 14.6. The molecule has 0 aliphatic carbocycles. The number of carbonyl (C=O) groups is 1. The van der Waals surface area contributed by atoms with Crippen molar-refractivity contribution in [2.75, 3.05) is 26.7 Å². The molecule has 6 heteroatoms. The van der Waals surface area contributed by atoms with E-state index in [-0.39, 0.29) is 5.91 Å². The van der Waals surface area contributed by atoms with Crippen LogP contribution in [0.25, 0.3) is 22.4 Å². The maximum Gasteiger partial charge on any atom is 0.251 e. The maximum atomic E-state index is 14.9. The highest BCUT2D eigenvalue weighted by molar-refractivity contribution is 5.94. The summed E-state index contributed by atoms with van der Waals surface area (Å²) in [5.74, 6) is -0.120. The van der Waals surface area contributed by atoms with E-state index >= 15 is 0 Å². The first-order chi connectivity index (χ1) is 13.7. The number of hydrogen-bond donors (Lipinski definition) is 1. The second-order valence-corrected chi connectivity index (χ2v) is 7.25. The van der Waals surface area contributed by atoms with Gasteiger partial charge in [-0.25, -0.2) is 9.37 Å². The van der Waals surface area contributed by atoms with Gasteiger partial charge in [0.15, 0.2) is 0 Å². The van der Waals surface area contributed by atoms with E-state index in [0.29, 0.717) is 17.0 Å². The molecule has 146 valence electrons. The van der Waals surface area contributed by atoms with Crippen molar-refractivity contribution in [1.29, 1.82) is 0 Å². The van der Waals surface area contributed by atoms with E-state index in [9.17, 15) is 9.18 Å². The van der Waals surface area contributed by atoms with Gasteiger partial charge in [0.1, 0.15) is 11.6 Å². The van der Waals surface area contributed by atoms with Crippen LogP contribution in [0.15, 0.2) is 42.5 Å². The number of hydrogen-bond acceptors (Lipinski definition) is 3. The minimum absolute atomic E-state index is 0.301. The number of halogens is 1. The van der Waals surface area contributed by atoms with Gasteiger partial charge in [-0.1, -0.05) is 12.1 Å². The zero-order valence-corrected chi connectivity index (χ0v) is 16.1. The first kappa shape index (κ1) is 18.6. The SMILES string of the molecule is CNC(=O)c1ccc(-c2nc3ccccc3n2CCCN2CCCC2)c(F)c1. The number of aryl methyl sites for hydroxylation is 1.